The maximum atomic E-state index is 11.2. The highest BCUT2D eigenvalue weighted by molar-refractivity contribution is 9.09. The highest BCUT2D eigenvalue weighted by Gasteiger charge is 2.70. The van der Waals surface area contributed by atoms with Crippen molar-refractivity contribution in [3.05, 3.63) is 12.2 Å². The van der Waals surface area contributed by atoms with Crippen molar-refractivity contribution in [3.8, 4) is 0 Å². The number of hydrogen-bond donors (Lipinski definition) is 1. The predicted octanol–water partition coefficient (Wildman–Crippen LogP) is 2.78. The average Bonchev–Trinajstić information content (AvgIpc) is 3.25. The molecule has 1 saturated heterocycles. The fourth-order valence-electron chi connectivity index (χ4n) is 3.05. The Hall–Kier alpha value is 0.0600. The molecular weight excluding hydrogens is 324 g/mol. The third kappa shape index (κ3) is 2.48. The van der Waals surface area contributed by atoms with Crippen molar-refractivity contribution in [3.63, 3.8) is 0 Å². The van der Waals surface area contributed by atoms with Gasteiger partial charge in [0.25, 0.3) is 0 Å². The largest absolute Gasteiger partial charge is 0.381 e. The Labute approximate surface area is 129 Å². The van der Waals surface area contributed by atoms with E-state index >= 15 is 0 Å². The van der Waals surface area contributed by atoms with Crippen LogP contribution < -0.4 is 0 Å². The lowest BCUT2D eigenvalue weighted by atomic mass is 9.72. The molecular formula is C15H25BrO4. The molecule has 116 valence electrons. The minimum Gasteiger partial charge on any atom is -0.381 e. The molecule has 3 unspecified atom stereocenters. The molecule has 2 aliphatic rings. The van der Waals surface area contributed by atoms with Crippen LogP contribution >= 0.6 is 15.9 Å². The Morgan fingerprint density at radius 2 is 2.00 bits per heavy atom. The molecule has 0 bridgehead atoms. The smallest absolute Gasteiger partial charge is 0.183 e. The maximum absolute atomic E-state index is 11.2. The molecule has 20 heavy (non-hydrogen) atoms. The van der Waals surface area contributed by atoms with Gasteiger partial charge < -0.3 is 19.3 Å². The van der Waals surface area contributed by atoms with Gasteiger partial charge in [0.05, 0.1) is 6.61 Å². The summed E-state index contributed by atoms with van der Waals surface area (Å²) in [4.78, 5) is -0.369. The van der Waals surface area contributed by atoms with Crippen molar-refractivity contribution in [2.45, 2.75) is 60.8 Å². The van der Waals surface area contributed by atoms with Crippen LogP contribution in [0.3, 0.4) is 0 Å². The van der Waals surface area contributed by atoms with Gasteiger partial charge in [0, 0.05) is 20.6 Å². The summed E-state index contributed by atoms with van der Waals surface area (Å²) in [6.45, 7) is 2.75. The molecule has 1 saturated carbocycles. The minimum absolute atomic E-state index is 0.369. The van der Waals surface area contributed by atoms with Crippen LogP contribution in [0.15, 0.2) is 12.2 Å². The lowest BCUT2D eigenvalue weighted by molar-refractivity contribution is -0.251. The number of hydrogen-bond acceptors (Lipinski definition) is 4. The third-order valence-corrected chi connectivity index (χ3v) is 6.06. The van der Waals surface area contributed by atoms with Crippen LogP contribution in [0.2, 0.25) is 0 Å². The van der Waals surface area contributed by atoms with E-state index in [1.165, 1.54) is 0 Å². The van der Waals surface area contributed by atoms with E-state index < -0.39 is 17.0 Å². The zero-order valence-electron chi connectivity index (χ0n) is 12.5. The topological polar surface area (TPSA) is 51.2 Å². The summed E-state index contributed by atoms with van der Waals surface area (Å²) in [5, 5.41) is 11.2. The van der Waals surface area contributed by atoms with E-state index in [0.717, 1.165) is 25.7 Å². The van der Waals surface area contributed by atoms with E-state index in [1.807, 2.05) is 12.2 Å². The summed E-state index contributed by atoms with van der Waals surface area (Å²) >= 11 is 3.61. The van der Waals surface area contributed by atoms with Gasteiger partial charge in [0.1, 0.15) is 16.0 Å². The number of unbranched alkanes of at least 4 members (excludes halogenated alkanes) is 2. The second-order valence-electron chi connectivity index (χ2n) is 5.74. The molecule has 4 nitrogen and oxygen atoms in total. The number of allylic oxidation sites excluding steroid dienone is 1. The molecule has 0 aromatic carbocycles. The third-order valence-electron chi connectivity index (χ3n) is 4.66. The van der Waals surface area contributed by atoms with Crippen molar-refractivity contribution in [1.29, 1.82) is 0 Å². The monoisotopic (exact) mass is 348 g/mol. The van der Waals surface area contributed by atoms with Gasteiger partial charge in [-0.3, -0.25) is 0 Å². The van der Waals surface area contributed by atoms with Crippen LogP contribution in [-0.4, -0.2) is 47.7 Å². The normalized spacial score (nSPS) is 39.5. The van der Waals surface area contributed by atoms with E-state index in [-0.39, 0.29) is 4.83 Å². The average molecular weight is 349 g/mol. The zero-order chi connectivity index (χ0) is 14.9. The molecule has 1 N–H and O–H groups in total. The van der Waals surface area contributed by atoms with Crippen LogP contribution in [-0.2, 0) is 14.2 Å². The highest BCUT2D eigenvalue weighted by atomic mass is 79.9. The Morgan fingerprint density at radius 1 is 1.35 bits per heavy atom. The summed E-state index contributed by atoms with van der Waals surface area (Å²) in [5.74, 6) is -0.818. The summed E-state index contributed by atoms with van der Waals surface area (Å²) in [6.07, 6.45) is 8.56. The summed E-state index contributed by atoms with van der Waals surface area (Å²) < 4.78 is 16.8. The Balaban J connectivity index is 2.23. The van der Waals surface area contributed by atoms with E-state index in [4.69, 9.17) is 14.2 Å². The lowest BCUT2D eigenvalue weighted by Gasteiger charge is -2.49. The first-order valence-corrected chi connectivity index (χ1v) is 8.20. The molecule has 0 aromatic heterocycles. The first kappa shape index (κ1) is 16.4. The number of alkyl halides is 1. The first-order chi connectivity index (χ1) is 9.50. The molecule has 1 spiro atoms. The van der Waals surface area contributed by atoms with Gasteiger partial charge >= 0.3 is 0 Å². The molecule has 0 radical (unpaired) electrons. The van der Waals surface area contributed by atoms with Gasteiger partial charge in [-0.1, -0.05) is 47.8 Å². The second-order valence-corrected chi connectivity index (χ2v) is 6.65. The highest BCUT2D eigenvalue weighted by Crippen LogP contribution is 2.55. The quantitative estimate of drug-likeness (QED) is 0.263. The molecule has 1 aliphatic carbocycles. The van der Waals surface area contributed by atoms with Gasteiger partial charge in [-0.05, 0) is 12.8 Å². The number of epoxide rings is 1. The van der Waals surface area contributed by atoms with Gasteiger partial charge in [-0.2, -0.15) is 0 Å². The number of halogens is 1. The van der Waals surface area contributed by atoms with E-state index in [2.05, 4.69) is 22.9 Å². The van der Waals surface area contributed by atoms with Crippen molar-refractivity contribution in [2.24, 2.45) is 0 Å². The summed E-state index contributed by atoms with van der Waals surface area (Å²) in [5.41, 5.74) is -1.59. The molecule has 2 fully saturated rings. The Bertz CT molecular complexity index is 363. The van der Waals surface area contributed by atoms with E-state index in [9.17, 15) is 5.11 Å². The summed E-state index contributed by atoms with van der Waals surface area (Å²) in [7, 11) is 3.23. The maximum Gasteiger partial charge on any atom is 0.183 e. The molecule has 2 rings (SSSR count). The standard InChI is InChI=1S/C15H25BrO4/c1-4-5-6-7-8-14(17)12(16)15(18-2,19-3)10-9-13(14)11-20-13/h7-8,12,17H,4-6,9-11H2,1-3H3. The minimum atomic E-state index is -1.11. The van der Waals surface area contributed by atoms with Crippen LogP contribution in [0.1, 0.15) is 39.0 Å². The molecule has 3 atom stereocenters. The van der Waals surface area contributed by atoms with E-state index in [0.29, 0.717) is 13.0 Å². The van der Waals surface area contributed by atoms with Crippen molar-refractivity contribution < 1.29 is 19.3 Å². The number of rotatable bonds is 6. The molecule has 0 amide bonds. The first-order valence-electron chi connectivity index (χ1n) is 7.28. The van der Waals surface area contributed by atoms with Gasteiger partial charge in [0.15, 0.2) is 5.79 Å². The molecule has 1 aliphatic heterocycles. The van der Waals surface area contributed by atoms with E-state index in [1.54, 1.807) is 14.2 Å². The van der Waals surface area contributed by atoms with Crippen molar-refractivity contribution in [1.82, 2.24) is 0 Å². The lowest BCUT2D eigenvalue weighted by Crippen LogP contribution is -2.65. The SMILES string of the molecule is CCCCC=CC1(O)C(Br)C(OC)(OC)CCC12CO2. The Kier molecular flexibility index (Phi) is 4.97. The van der Waals surface area contributed by atoms with Crippen LogP contribution in [0.25, 0.3) is 0 Å². The van der Waals surface area contributed by atoms with Crippen molar-refractivity contribution in [2.75, 3.05) is 20.8 Å². The fraction of sp³-hybridized carbons (Fsp3) is 0.867. The van der Waals surface area contributed by atoms with Crippen LogP contribution in [0.4, 0.5) is 0 Å². The van der Waals surface area contributed by atoms with Gasteiger partial charge in [0.2, 0.25) is 0 Å². The zero-order valence-corrected chi connectivity index (χ0v) is 14.1. The predicted molar refractivity (Wildman–Crippen MR) is 81.0 cm³/mol. The van der Waals surface area contributed by atoms with Crippen LogP contribution in [0, 0.1) is 0 Å². The van der Waals surface area contributed by atoms with Crippen molar-refractivity contribution >= 4 is 15.9 Å². The number of aliphatic hydroxyl groups is 1. The second kappa shape index (κ2) is 6.05. The Morgan fingerprint density at radius 3 is 2.50 bits per heavy atom. The molecule has 1 heterocycles. The van der Waals surface area contributed by atoms with Crippen LogP contribution in [0.5, 0.6) is 0 Å². The molecule has 5 heteroatoms. The fourth-order valence-corrected chi connectivity index (χ4v) is 4.22. The molecule has 0 aromatic rings. The van der Waals surface area contributed by atoms with Gasteiger partial charge in [-0.15, -0.1) is 0 Å². The summed E-state index contributed by atoms with van der Waals surface area (Å²) in [6, 6.07) is 0. The number of methoxy groups -OCH3 is 2. The number of ether oxygens (including phenoxy) is 3. The van der Waals surface area contributed by atoms with Gasteiger partial charge in [-0.25, -0.2) is 0 Å².